The Morgan fingerprint density at radius 1 is 0.947 bits per heavy atom. The highest BCUT2D eigenvalue weighted by molar-refractivity contribution is 5.77. The van der Waals surface area contributed by atoms with E-state index < -0.39 is 0 Å². The van der Waals surface area contributed by atoms with Crippen molar-refractivity contribution in [2.45, 2.75) is 19.8 Å². The Morgan fingerprint density at radius 3 is 2.11 bits per heavy atom. The Morgan fingerprint density at radius 2 is 1.53 bits per heavy atom. The Kier molecular flexibility index (Phi) is 14.8. The summed E-state index contributed by atoms with van der Waals surface area (Å²) < 4.78 is 20.6. The first-order valence-electron chi connectivity index (χ1n) is 6.80. The van der Waals surface area contributed by atoms with Crippen LogP contribution in [0.15, 0.2) is 0 Å². The van der Waals surface area contributed by atoms with Gasteiger partial charge in [0.15, 0.2) is 0 Å². The highest BCUT2D eigenvalue weighted by Crippen LogP contribution is 1.87. The molecule has 0 aromatic rings. The monoisotopic (exact) mass is 277 g/mol. The summed E-state index contributed by atoms with van der Waals surface area (Å²) in [6.07, 6.45) is 2.24. The number of methoxy groups -OCH3 is 1. The molecule has 0 aliphatic carbocycles. The van der Waals surface area contributed by atoms with Crippen molar-refractivity contribution in [1.29, 1.82) is 0 Å². The van der Waals surface area contributed by atoms with Gasteiger partial charge in [-0.15, -0.1) is 0 Å². The van der Waals surface area contributed by atoms with Crippen molar-refractivity contribution in [2.75, 3.05) is 59.9 Å². The van der Waals surface area contributed by atoms with E-state index in [1.165, 1.54) is 7.11 Å². The maximum Gasteiger partial charge on any atom is 0.246 e. The number of ether oxygens (including phenoxy) is 4. The first-order valence-corrected chi connectivity index (χ1v) is 6.80. The van der Waals surface area contributed by atoms with Crippen molar-refractivity contribution in [3.8, 4) is 0 Å². The number of carbonyl (C=O) groups excluding carboxylic acids is 1. The highest BCUT2D eigenvalue weighted by Gasteiger charge is 1.97. The van der Waals surface area contributed by atoms with Gasteiger partial charge >= 0.3 is 0 Å². The van der Waals surface area contributed by atoms with Gasteiger partial charge in [-0.1, -0.05) is 13.3 Å². The van der Waals surface area contributed by atoms with Crippen molar-refractivity contribution in [2.24, 2.45) is 0 Å². The van der Waals surface area contributed by atoms with Crippen LogP contribution in [0.2, 0.25) is 0 Å². The molecule has 0 saturated heterocycles. The molecule has 0 rings (SSSR count). The number of amides is 1. The minimum Gasteiger partial charge on any atom is -0.379 e. The molecule has 1 N–H and O–H groups in total. The van der Waals surface area contributed by atoms with Gasteiger partial charge in [-0.05, 0) is 6.42 Å². The van der Waals surface area contributed by atoms with Crippen LogP contribution < -0.4 is 5.32 Å². The molecule has 0 atom stereocenters. The summed E-state index contributed by atoms with van der Waals surface area (Å²) in [6.45, 7) is 6.28. The molecule has 6 heteroatoms. The fourth-order valence-corrected chi connectivity index (χ4v) is 1.23. The lowest BCUT2D eigenvalue weighted by Gasteiger charge is -2.07. The summed E-state index contributed by atoms with van der Waals surface area (Å²) in [7, 11) is 1.49. The van der Waals surface area contributed by atoms with Crippen LogP contribution in [0, 0.1) is 0 Å². The van der Waals surface area contributed by atoms with E-state index in [0.717, 1.165) is 19.4 Å². The van der Waals surface area contributed by atoms with Gasteiger partial charge in [0.05, 0.1) is 33.0 Å². The summed E-state index contributed by atoms with van der Waals surface area (Å²) in [4.78, 5) is 11.0. The topological polar surface area (TPSA) is 66.0 Å². The highest BCUT2D eigenvalue weighted by atomic mass is 16.5. The summed E-state index contributed by atoms with van der Waals surface area (Å²) in [5.74, 6) is -0.133. The molecular formula is C13H27NO5. The van der Waals surface area contributed by atoms with Crippen molar-refractivity contribution >= 4 is 5.91 Å². The number of nitrogens with one attached hydrogen (secondary N) is 1. The average Bonchev–Trinajstić information content (AvgIpc) is 2.40. The lowest BCUT2D eigenvalue weighted by atomic mass is 10.4. The van der Waals surface area contributed by atoms with E-state index in [2.05, 4.69) is 17.0 Å². The van der Waals surface area contributed by atoms with Gasteiger partial charge in [-0.25, -0.2) is 0 Å². The van der Waals surface area contributed by atoms with E-state index in [0.29, 0.717) is 39.6 Å². The van der Waals surface area contributed by atoms with Crippen molar-refractivity contribution in [3.63, 3.8) is 0 Å². The first kappa shape index (κ1) is 18.3. The third-order valence-corrected chi connectivity index (χ3v) is 2.23. The minimum atomic E-state index is -0.133. The van der Waals surface area contributed by atoms with Gasteiger partial charge < -0.3 is 24.3 Å². The number of carbonyl (C=O) groups is 1. The molecule has 0 heterocycles. The predicted molar refractivity (Wildman–Crippen MR) is 72.3 cm³/mol. The Bertz CT molecular complexity index is 201. The van der Waals surface area contributed by atoms with Crippen LogP contribution in [0.5, 0.6) is 0 Å². The maximum absolute atomic E-state index is 11.0. The number of rotatable bonds is 14. The molecule has 0 bridgehead atoms. The van der Waals surface area contributed by atoms with E-state index in [1.807, 2.05) is 0 Å². The summed E-state index contributed by atoms with van der Waals surface area (Å²) >= 11 is 0. The van der Waals surface area contributed by atoms with Gasteiger partial charge in [0.2, 0.25) is 5.91 Å². The van der Waals surface area contributed by atoms with Crippen LogP contribution in [0.3, 0.4) is 0 Å². The second-order valence-electron chi connectivity index (χ2n) is 3.97. The second kappa shape index (κ2) is 15.4. The molecule has 0 aromatic carbocycles. The smallest absolute Gasteiger partial charge is 0.246 e. The Labute approximate surface area is 115 Å². The van der Waals surface area contributed by atoms with Crippen molar-refractivity contribution in [1.82, 2.24) is 5.32 Å². The lowest BCUT2D eigenvalue weighted by molar-refractivity contribution is -0.125. The second-order valence-corrected chi connectivity index (χ2v) is 3.97. The molecule has 0 fully saturated rings. The third-order valence-electron chi connectivity index (χ3n) is 2.23. The third kappa shape index (κ3) is 15.3. The number of hydrogen-bond acceptors (Lipinski definition) is 5. The molecule has 0 unspecified atom stereocenters. The fourth-order valence-electron chi connectivity index (χ4n) is 1.23. The van der Waals surface area contributed by atoms with Crippen LogP contribution in [-0.2, 0) is 23.7 Å². The SMILES string of the molecule is CCCCOCCOCCOCCNC(=O)COC. The molecule has 1 amide bonds. The van der Waals surface area contributed by atoms with E-state index in [9.17, 15) is 4.79 Å². The van der Waals surface area contributed by atoms with E-state index in [-0.39, 0.29) is 12.5 Å². The molecule has 0 saturated carbocycles. The van der Waals surface area contributed by atoms with E-state index >= 15 is 0 Å². The van der Waals surface area contributed by atoms with Crippen LogP contribution in [-0.4, -0.2) is 65.8 Å². The van der Waals surface area contributed by atoms with Crippen molar-refractivity contribution < 1.29 is 23.7 Å². The molecule has 0 aliphatic rings. The van der Waals surface area contributed by atoms with Gasteiger partial charge in [0, 0.05) is 20.3 Å². The first-order chi connectivity index (χ1) is 9.31. The van der Waals surface area contributed by atoms with Crippen molar-refractivity contribution in [3.05, 3.63) is 0 Å². The van der Waals surface area contributed by atoms with Gasteiger partial charge in [-0.2, -0.15) is 0 Å². The van der Waals surface area contributed by atoms with Gasteiger partial charge in [-0.3, -0.25) is 4.79 Å². The molecule has 6 nitrogen and oxygen atoms in total. The van der Waals surface area contributed by atoms with Crippen LogP contribution >= 0.6 is 0 Å². The lowest BCUT2D eigenvalue weighted by Crippen LogP contribution is -2.30. The molecule has 19 heavy (non-hydrogen) atoms. The fraction of sp³-hybridized carbons (Fsp3) is 0.923. The zero-order chi connectivity index (χ0) is 14.2. The summed E-state index contributed by atoms with van der Waals surface area (Å²) in [6, 6.07) is 0. The standard InChI is InChI=1S/C13H27NO5/c1-3-4-6-17-8-10-19-11-9-18-7-5-14-13(15)12-16-2/h3-12H2,1-2H3,(H,14,15). The van der Waals surface area contributed by atoms with E-state index in [1.54, 1.807) is 0 Å². The van der Waals surface area contributed by atoms with Crippen LogP contribution in [0.25, 0.3) is 0 Å². The molecule has 114 valence electrons. The predicted octanol–water partition coefficient (Wildman–Crippen LogP) is 0.599. The largest absolute Gasteiger partial charge is 0.379 e. The van der Waals surface area contributed by atoms with Gasteiger partial charge in [0.25, 0.3) is 0 Å². The Hall–Kier alpha value is -0.690. The zero-order valence-corrected chi connectivity index (χ0v) is 12.1. The minimum absolute atomic E-state index is 0.0845. The zero-order valence-electron chi connectivity index (χ0n) is 12.1. The molecule has 0 radical (unpaired) electrons. The molecule has 0 spiro atoms. The van der Waals surface area contributed by atoms with Gasteiger partial charge in [0.1, 0.15) is 6.61 Å². The molecular weight excluding hydrogens is 250 g/mol. The summed E-state index contributed by atoms with van der Waals surface area (Å²) in [5, 5.41) is 2.66. The number of hydrogen-bond donors (Lipinski definition) is 1. The van der Waals surface area contributed by atoms with Crippen LogP contribution in [0.4, 0.5) is 0 Å². The quantitative estimate of drug-likeness (QED) is 0.471. The number of unbranched alkanes of at least 4 members (excludes halogenated alkanes) is 1. The average molecular weight is 277 g/mol. The molecule has 0 aliphatic heterocycles. The Balaban J connectivity index is 3.01. The molecule has 0 aromatic heterocycles. The summed E-state index contributed by atoms with van der Waals surface area (Å²) in [5.41, 5.74) is 0. The maximum atomic E-state index is 11.0. The van der Waals surface area contributed by atoms with E-state index in [4.69, 9.17) is 14.2 Å². The normalized spacial score (nSPS) is 10.6. The van der Waals surface area contributed by atoms with Crippen LogP contribution in [0.1, 0.15) is 19.8 Å².